The number of nitrogens with two attached hydrogens (primary N) is 1. The average molecular weight is 265 g/mol. The first-order valence-corrected chi connectivity index (χ1v) is 6.23. The van der Waals surface area contributed by atoms with Crippen molar-refractivity contribution < 1.29 is 9.90 Å². The molecule has 0 bridgehead atoms. The van der Waals surface area contributed by atoms with Crippen LogP contribution >= 0.6 is 0 Å². The topological polar surface area (TPSA) is 78.6 Å². The third kappa shape index (κ3) is 4.79. The Balaban J connectivity index is 2.68. The summed E-state index contributed by atoms with van der Waals surface area (Å²) in [4.78, 5) is 14.1. The van der Waals surface area contributed by atoms with E-state index >= 15 is 0 Å². The van der Waals surface area contributed by atoms with Gasteiger partial charge in [0.25, 0.3) is 5.91 Å². The molecule has 0 atom stereocenters. The molecule has 0 radical (unpaired) electrons. The molecule has 0 aliphatic rings. The standard InChI is InChI=1S/C14H23N3O2/c1-14(2,9-17(3)4)8-16-13(19)11-7-10(18)5-6-12(11)15/h5-7,18H,8-9,15H2,1-4H3,(H,16,19). The largest absolute Gasteiger partial charge is 0.508 e. The molecule has 0 heterocycles. The van der Waals surface area contributed by atoms with Crippen LogP contribution in [0.4, 0.5) is 5.69 Å². The summed E-state index contributed by atoms with van der Waals surface area (Å²) < 4.78 is 0. The maximum atomic E-state index is 12.0. The van der Waals surface area contributed by atoms with Gasteiger partial charge in [-0.25, -0.2) is 0 Å². The summed E-state index contributed by atoms with van der Waals surface area (Å²) in [5.41, 5.74) is 6.36. The fourth-order valence-corrected chi connectivity index (χ4v) is 2.07. The van der Waals surface area contributed by atoms with E-state index in [2.05, 4.69) is 24.1 Å². The van der Waals surface area contributed by atoms with Crippen LogP contribution in [0.15, 0.2) is 18.2 Å². The number of phenolic OH excluding ortho intramolecular Hbond substituents is 1. The Bertz CT molecular complexity index is 456. The van der Waals surface area contributed by atoms with Crippen molar-refractivity contribution in [3.05, 3.63) is 23.8 Å². The van der Waals surface area contributed by atoms with Crippen LogP contribution in [0.2, 0.25) is 0 Å². The predicted molar refractivity (Wildman–Crippen MR) is 77.2 cm³/mol. The molecule has 1 aromatic carbocycles. The fraction of sp³-hybridized carbons (Fsp3) is 0.500. The molecule has 4 N–H and O–H groups in total. The number of phenols is 1. The molecule has 5 heteroatoms. The van der Waals surface area contributed by atoms with E-state index < -0.39 is 0 Å². The first-order chi connectivity index (χ1) is 8.71. The Morgan fingerprint density at radius 1 is 1.42 bits per heavy atom. The van der Waals surface area contributed by atoms with Crippen LogP contribution < -0.4 is 11.1 Å². The summed E-state index contributed by atoms with van der Waals surface area (Å²) in [7, 11) is 3.99. The van der Waals surface area contributed by atoms with Crippen LogP contribution in [0.1, 0.15) is 24.2 Å². The van der Waals surface area contributed by atoms with Crippen molar-refractivity contribution in [2.24, 2.45) is 5.41 Å². The highest BCUT2D eigenvalue weighted by molar-refractivity contribution is 5.99. The van der Waals surface area contributed by atoms with Crippen LogP contribution in [0.25, 0.3) is 0 Å². The number of carbonyl (C=O) groups is 1. The minimum absolute atomic E-state index is 0.0342. The first kappa shape index (κ1) is 15.3. The smallest absolute Gasteiger partial charge is 0.253 e. The van der Waals surface area contributed by atoms with E-state index in [1.807, 2.05) is 14.1 Å². The Morgan fingerprint density at radius 2 is 2.05 bits per heavy atom. The van der Waals surface area contributed by atoms with Gasteiger partial charge in [0.05, 0.1) is 5.56 Å². The molecular formula is C14H23N3O2. The number of anilines is 1. The van der Waals surface area contributed by atoms with Crippen molar-refractivity contribution >= 4 is 11.6 Å². The number of rotatable bonds is 5. The number of aromatic hydroxyl groups is 1. The lowest BCUT2D eigenvalue weighted by Crippen LogP contribution is -2.40. The van der Waals surface area contributed by atoms with Crippen LogP contribution in [0.5, 0.6) is 5.75 Å². The lowest BCUT2D eigenvalue weighted by Gasteiger charge is -2.28. The quantitative estimate of drug-likeness (QED) is 0.554. The summed E-state index contributed by atoms with van der Waals surface area (Å²) in [6.07, 6.45) is 0. The predicted octanol–water partition coefficient (Wildman–Crippen LogP) is 1.29. The molecule has 0 spiro atoms. The summed E-state index contributed by atoms with van der Waals surface area (Å²) in [5, 5.41) is 12.2. The van der Waals surface area contributed by atoms with Gasteiger partial charge >= 0.3 is 0 Å². The van der Waals surface area contributed by atoms with Crippen molar-refractivity contribution in [3.8, 4) is 5.75 Å². The van der Waals surface area contributed by atoms with Gasteiger partial charge in [-0.05, 0) is 37.7 Å². The molecule has 0 aliphatic carbocycles. The summed E-state index contributed by atoms with van der Waals surface area (Å²) in [6.45, 7) is 5.57. The van der Waals surface area contributed by atoms with Gasteiger partial charge in [0.15, 0.2) is 0 Å². The average Bonchev–Trinajstić information content (AvgIpc) is 2.27. The minimum Gasteiger partial charge on any atom is -0.508 e. The minimum atomic E-state index is -0.264. The highest BCUT2D eigenvalue weighted by Gasteiger charge is 2.20. The molecule has 0 saturated heterocycles. The van der Waals surface area contributed by atoms with E-state index in [9.17, 15) is 9.90 Å². The van der Waals surface area contributed by atoms with Crippen LogP contribution in [0, 0.1) is 5.41 Å². The van der Waals surface area contributed by atoms with Gasteiger partial charge in [-0.1, -0.05) is 13.8 Å². The number of hydrogen-bond acceptors (Lipinski definition) is 4. The zero-order valence-electron chi connectivity index (χ0n) is 12.0. The Morgan fingerprint density at radius 3 is 2.63 bits per heavy atom. The second kappa shape index (κ2) is 5.93. The number of benzene rings is 1. The molecule has 0 unspecified atom stereocenters. The molecule has 0 saturated carbocycles. The lowest BCUT2D eigenvalue weighted by molar-refractivity contribution is 0.0929. The molecule has 1 amide bonds. The number of nitrogens with one attached hydrogen (secondary N) is 1. The number of hydrogen-bond donors (Lipinski definition) is 3. The molecule has 0 fully saturated rings. The van der Waals surface area contributed by atoms with Crippen molar-refractivity contribution in [3.63, 3.8) is 0 Å². The molecule has 0 aromatic heterocycles. The summed E-state index contributed by atoms with van der Waals surface area (Å²) >= 11 is 0. The SMILES string of the molecule is CN(C)CC(C)(C)CNC(=O)c1cc(O)ccc1N. The highest BCUT2D eigenvalue weighted by atomic mass is 16.3. The van der Waals surface area contributed by atoms with E-state index in [0.29, 0.717) is 17.8 Å². The van der Waals surface area contributed by atoms with Crippen molar-refractivity contribution in [2.45, 2.75) is 13.8 Å². The van der Waals surface area contributed by atoms with Gasteiger partial charge in [-0.3, -0.25) is 4.79 Å². The van der Waals surface area contributed by atoms with E-state index in [0.717, 1.165) is 6.54 Å². The van der Waals surface area contributed by atoms with E-state index in [4.69, 9.17) is 5.73 Å². The third-order valence-corrected chi connectivity index (χ3v) is 2.75. The van der Waals surface area contributed by atoms with Gasteiger partial charge in [-0.2, -0.15) is 0 Å². The van der Waals surface area contributed by atoms with Gasteiger partial charge in [-0.15, -0.1) is 0 Å². The summed E-state index contributed by atoms with van der Waals surface area (Å²) in [5.74, 6) is -0.230. The molecule has 5 nitrogen and oxygen atoms in total. The molecule has 1 rings (SSSR count). The molecule has 1 aromatic rings. The van der Waals surface area contributed by atoms with Crippen molar-refractivity contribution in [1.29, 1.82) is 0 Å². The Hall–Kier alpha value is -1.75. The number of nitrogens with zero attached hydrogens (tertiary/aromatic N) is 1. The van der Waals surface area contributed by atoms with Crippen LogP contribution in [-0.2, 0) is 0 Å². The number of amides is 1. The fourth-order valence-electron chi connectivity index (χ4n) is 2.07. The van der Waals surface area contributed by atoms with E-state index in [1.165, 1.54) is 18.2 Å². The van der Waals surface area contributed by atoms with E-state index in [-0.39, 0.29) is 17.1 Å². The zero-order valence-corrected chi connectivity index (χ0v) is 12.0. The van der Waals surface area contributed by atoms with Crippen LogP contribution in [0.3, 0.4) is 0 Å². The molecule has 19 heavy (non-hydrogen) atoms. The zero-order chi connectivity index (χ0) is 14.6. The van der Waals surface area contributed by atoms with E-state index in [1.54, 1.807) is 0 Å². The first-order valence-electron chi connectivity index (χ1n) is 6.23. The number of carbonyl (C=O) groups excluding carboxylic acids is 1. The molecule has 0 aliphatic heterocycles. The normalized spacial score (nSPS) is 11.6. The highest BCUT2D eigenvalue weighted by Crippen LogP contribution is 2.19. The second-order valence-corrected chi connectivity index (χ2v) is 5.86. The van der Waals surface area contributed by atoms with Gasteiger partial charge in [0.1, 0.15) is 5.75 Å². The second-order valence-electron chi connectivity index (χ2n) is 5.86. The Kier molecular flexibility index (Phi) is 4.78. The summed E-state index contributed by atoms with van der Waals surface area (Å²) in [6, 6.07) is 4.36. The monoisotopic (exact) mass is 265 g/mol. The van der Waals surface area contributed by atoms with Crippen molar-refractivity contribution in [1.82, 2.24) is 10.2 Å². The Labute approximate surface area is 114 Å². The number of nitrogen functional groups attached to an aromatic ring is 1. The van der Waals surface area contributed by atoms with Gasteiger partial charge in [0.2, 0.25) is 0 Å². The third-order valence-electron chi connectivity index (χ3n) is 2.75. The van der Waals surface area contributed by atoms with Gasteiger partial charge < -0.3 is 21.1 Å². The van der Waals surface area contributed by atoms with Gasteiger partial charge in [0, 0.05) is 18.8 Å². The molecular weight excluding hydrogens is 242 g/mol. The van der Waals surface area contributed by atoms with Crippen molar-refractivity contribution in [2.75, 3.05) is 32.9 Å². The lowest BCUT2D eigenvalue weighted by atomic mass is 9.93. The molecule has 106 valence electrons. The van der Waals surface area contributed by atoms with Crippen LogP contribution in [-0.4, -0.2) is 43.1 Å². The maximum Gasteiger partial charge on any atom is 0.253 e. The maximum absolute atomic E-state index is 12.0.